The fourth-order valence-corrected chi connectivity index (χ4v) is 4.04. The number of amides is 1. The average Bonchev–Trinajstić information content (AvgIpc) is 3.16. The van der Waals surface area contributed by atoms with E-state index in [9.17, 15) is 23.1 Å². The highest BCUT2D eigenvalue weighted by atomic mass is 32.2. The molecule has 0 saturated carbocycles. The molecule has 27 heavy (non-hydrogen) atoms. The van der Waals surface area contributed by atoms with Gasteiger partial charge >= 0.3 is 5.97 Å². The maximum Gasteiger partial charge on any atom is 0.326 e. The third kappa shape index (κ3) is 4.11. The molecule has 2 atom stereocenters. The van der Waals surface area contributed by atoms with Gasteiger partial charge in [-0.1, -0.05) is 12.1 Å². The number of carbonyl (C=O) groups excluding carboxylic acids is 1. The van der Waals surface area contributed by atoms with Crippen molar-refractivity contribution in [2.24, 2.45) is 0 Å². The van der Waals surface area contributed by atoms with Crippen LogP contribution in [-0.2, 0) is 36.5 Å². The quantitative estimate of drug-likeness (QED) is 0.746. The molecular weight excluding hydrogens is 374 g/mol. The molecule has 1 aromatic carbocycles. The first-order chi connectivity index (χ1) is 12.7. The Morgan fingerprint density at radius 1 is 1.33 bits per heavy atom. The van der Waals surface area contributed by atoms with Gasteiger partial charge in [-0.2, -0.15) is 0 Å². The van der Waals surface area contributed by atoms with Crippen molar-refractivity contribution in [2.45, 2.75) is 30.9 Å². The molecule has 146 valence electrons. The third-order valence-electron chi connectivity index (χ3n) is 4.62. The molecule has 1 aromatic heterocycles. The van der Waals surface area contributed by atoms with Crippen LogP contribution in [0.15, 0.2) is 24.3 Å². The number of carboxylic acids is 1. The Morgan fingerprint density at radius 2 is 2.04 bits per heavy atom. The normalized spacial score (nSPS) is 20.3. The van der Waals surface area contributed by atoms with E-state index in [1.807, 2.05) is 0 Å². The van der Waals surface area contributed by atoms with E-state index in [1.165, 1.54) is 16.6 Å². The molecule has 1 aliphatic rings. The van der Waals surface area contributed by atoms with Gasteiger partial charge in [0.15, 0.2) is 9.84 Å². The Hall–Kier alpha value is -2.46. The highest BCUT2D eigenvalue weighted by molar-refractivity contribution is 7.89. The fourth-order valence-electron chi connectivity index (χ4n) is 3.35. The Balaban J connectivity index is 1.94. The third-order valence-corrected chi connectivity index (χ3v) is 5.40. The van der Waals surface area contributed by atoms with Crippen LogP contribution in [0.1, 0.15) is 12.2 Å². The van der Waals surface area contributed by atoms with Gasteiger partial charge in [0.2, 0.25) is 5.91 Å². The first kappa shape index (κ1) is 19.3. The van der Waals surface area contributed by atoms with Crippen molar-refractivity contribution in [1.82, 2.24) is 14.5 Å². The van der Waals surface area contributed by atoms with Gasteiger partial charge in [-0.15, -0.1) is 0 Å². The van der Waals surface area contributed by atoms with E-state index < -0.39 is 27.8 Å². The molecule has 10 heteroatoms. The second kappa shape index (κ2) is 7.28. The van der Waals surface area contributed by atoms with Crippen LogP contribution in [0.3, 0.4) is 0 Å². The number of rotatable bonds is 6. The van der Waals surface area contributed by atoms with Gasteiger partial charge in [0, 0.05) is 26.3 Å². The van der Waals surface area contributed by atoms with E-state index >= 15 is 0 Å². The molecule has 1 aliphatic heterocycles. The number of carbonyl (C=O) groups is 2. The topological polar surface area (TPSA) is 119 Å². The molecule has 0 bridgehead atoms. The molecule has 2 aromatic rings. The Kier molecular flexibility index (Phi) is 5.20. The molecule has 3 rings (SSSR count). The van der Waals surface area contributed by atoms with Crippen molar-refractivity contribution in [3.63, 3.8) is 0 Å². The van der Waals surface area contributed by atoms with Crippen molar-refractivity contribution in [3.8, 4) is 0 Å². The van der Waals surface area contributed by atoms with Crippen molar-refractivity contribution in [2.75, 3.05) is 19.9 Å². The van der Waals surface area contributed by atoms with Crippen molar-refractivity contribution in [1.29, 1.82) is 0 Å². The van der Waals surface area contributed by atoms with E-state index in [-0.39, 0.29) is 37.2 Å². The lowest BCUT2D eigenvalue weighted by atomic mass is 10.2. The predicted octanol–water partition coefficient (Wildman–Crippen LogP) is 0.281. The summed E-state index contributed by atoms with van der Waals surface area (Å²) in [6.45, 7) is -0.00802. The Morgan fingerprint density at radius 3 is 2.67 bits per heavy atom. The number of aliphatic carboxylic acids is 1. The number of carboxylic acid groups (broad SMARTS) is 1. The maximum atomic E-state index is 12.9. The number of aromatic nitrogens is 2. The molecular formula is C17H21N3O6S. The van der Waals surface area contributed by atoms with Crippen LogP contribution in [0.25, 0.3) is 11.0 Å². The first-order valence-corrected chi connectivity index (χ1v) is 10.4. The molecule has 1 N–H and O–H groups in total. The summed E-state index contributed by atoms with van der Waals surface area (Å²) in [5, 5.41) is 9.40. The van der Waals surface area contributed by atoms with Gasteiger partial charge in [-0.3, -0.25) is 4.79 Å². The summed E-state index contributed by atoms with van der Waals surface area (Å²) in [5.74, 6) is -1.56. The molecule has 1 amide bonds. The van der Waals surface area contributed by atoms with E-state index in [1.54, 1.807) is 24.3 Å². The summed E-state index contributed by atoms with van der Waals surface area (Å²) in [7, 11) is -1.88. The van der Waals surface area contributed by atoms with Gasteiger partial charge in [0.1, 0.15) is 24.2 Å². The van der Waals surface area contributed by atoms with Gasteiger partial charge in [-0.05, 0) is 12.1 Å². The zero-order valence-electron chi connectivity index (χ0n) is 15.0. The number of fused-ring (bicyclic) bond motifs is 1. The van der Waals surface area contributed by atoms with E-state index in [2.05, 4.69) is 4.98 Å². The number of sulfone groups is 1. The second-order valence-electron chi connectivity index (χ2n) is 6.67. The standard InChI is InChI=1S/C17H21N3O6S/c1-26-11-7-14(17(22)23)20(8-11)16(21)9-19-13-6-4-3-5-12(13)18-15(19)10-27(2,24)25/h3-6,11,14H,7-10H2,1-2H3,(H,22,23). The SMILES string of the molecule is COC1CC(C(=O)O)N(C(=O)Cn2c(CS(C)(=O)=O)nc3ccccc32)C1. The number of hydrogen-bond acceptors (Lipinski definition) is 6. The molecule has 0 spiro atoms. The largest absolute Gasteiger partial charge is 0.480 e. The number of imidazole rings is 1. The summed E-state index contributed by atoms with van der Waals surface area (Å²) in [6, 6.07) is 6.06. The van der Waals surface area contributed by atoms with Crippen LogP contribution in [0.2, 0.25) is 0 Å². The monoisotopic (exact) mass is 395 g/mol. The van der Waals surface area contributed by atoms with E-state index in [0.29, 0.717) is 11.0 Å². The number of hydrogen-bond donors (Lipinski definition) is 1. The van der Waals surface area contributed by atoms with Crippen molar-refractivity contribution >= 4 is 32.7 Å². The summed E-state index contributed by atoms with van der Waals surface area (Å²) < 4.78 is 30.3. The minimum absolute atomic E-state index is 0.181. The summed E-state index contributed by atoms with van der Waals surface area (Å²) in [4.78, 5) is 30.0. The molecule has 0 radical (unpaired) electrons. The highest BCUT2D eigenvalue weighted by Crippen LogP contribution is 2.23. The molecule has 1 saturated heterocycles. The predicted molar refractivity (Wildman–Crippen MR) is 96.8 cm³/mol. The van der Waals surface area contributed by atoms with E-state index in [4.69, 9.17) is 4.74 Å². The maximum absolute atomic E-state index is 12.9. The Labute approximate surface area is 156 Å². The van der Waals surface area contributed by atoms with Gasteiger partial charge in [0.25, 0.3) is 0 Å². The van der Waals surface area contributed by atoms with Gasteiger partial charge in [-0.25, -0.2) is 18.2 Å². The molecule has 1 fully saturated rings. The highest BCUT2D eigenvalue weighted by Gasteiger charge is 2.40. The van der Waals surface area contributed by atoms with Gasteiger partial charge < -0.3 is 19.3 Å². The van der Waals surface area contributed by atoms with Crippen LogP contribution in [0, 0.1) is 0 Å². The Bertz CT molecular complexity index is 984. The number of ether oxygens (including phenoxy) is 1. The number of benzene rings is 1. The van der Waals surface area contributed by atoms with Crippen LogP contribution >= 0.6 is 0 Å². The van der Waals surface area contributed by atoms with Crippen LogP contribution < -0.4 is 0 Å². The zero-order chi connectivity index (χ0) is 19.8. The lowest BCUT2D eigenvalue weighted by Gasteiger charge is -2.22. The molecule has 0 aliphatic carbocycles. The smallest absolute Gasteiger partial charge is 0.326 e. The van der Waals surface area contributed by atoms with E-state index in [0.717, 1.165) is 6.26 Å². The van der Waals surface area contributed by atoms with Crippen LogP contribution in [-0.4, -0.2) is 71.9 Å². The van der Waals surface area contributed by atoms with Crippen molar-refractivity contribution < 1.29 is 27.9 Å². The average molecular weight is 395 g/mol. The molecule has 2 heterocycles. The summed E-state index contributed by atoms with van der Waals surface area (Å²) in [5.41, 5.74) is 1.20. The van der Waals surface area contributed by atoms with Crippen LogP contribution in [0.5, 0.6) is 0 Å². The summed E-state index contributed by atoms with van der Waals surface area (Å²) >= 11 is 0. The molecule has 9 nitrogen and oxygen atoms in total. The minimum Gasteiger partial charge on any atom is -0.480 e. The molecule has 2 unspecified atom stereocenters. The second-order valence-corrected chi connectivity index (χ2v) is 8.81. The number of likely N-dealkylation sites (tertiary alicyclic amines) is 1. The lowest BCUT2D eigenvalue weighted by Crippen LogP contribution is -2.42. The number of para-hydroxylation sites is 2. The number of methoxy groups -OCH3 is 1. The fraction of sp³-hybridized carbons (Fsp3) is 0.471. The number of nitrogens with zero attached hydrogens (tertiary/aromatic N) is 3. The zero-order valence-corrected chi connectivity index (χ0v) is 15.8. The summed E-state index contributed by atoms with van der Waals surface area (Å²) in [6.07, 6.45) is 0.978. The minimum atomic E-state index is -3.36. The van der Waals surface area contributed by atoms with Gasteiger partial charge in [0.05, 0.1) is 17.1 Å². The lowest BCUT2D eigenvalue weighted by molar-refractivity contribution is -0.148. The van der Waals surface area contributed by atoms with Crippen LogP contribution in [0.4, 0.5) is 0 Å². The first-order valence-electron chi connectivity index (χ1n) is 8.36. The van der Waals surface area contributed by atoms with Crippen molar-refractivity contribution in [3.05, 3.63) is 30.1 Å².